The number of nitriles is 1. The average molecular weight is 453 g/mol. The summed E-state index contributed by atoms with van der Waals surface area (Å²) >= 11 is 0. The van der Waals surface area contributed by atoms with Crippen LogP contribution in [0.4, 0.5) is 0 Å². The Morgan fingerprint density at radius 2 is 1.85 bits per heavy atom. The smallest absolute Gasteiger partial charge is 0.127 e. The fourth-order valence-corrected chi connectivity index (χ4v) is 4.24. The number of aromatic hydroxyl groups is 1. The van der Waals surface area contributed by atoms with E-state index >= 15 is 0 Å². The van der Waals surface area contributed by atoms with Crippen molar-refractivity contribution in [3.05, 3.63) is 89.2 Å². The van der Waals surface area contributed by atoms with Gasteiger partial charge in [-0.25, -0.2) is 4.98 Å². The second-order valence-electron chi connectivity index (χ2n) is 8.54. The molecule has 0 saturated carbocycles. The fourth-order valence-electron chi connectivity index (χ4n) is 4.24. The van der Waals surface area contributed by atoms with Crippen LogP contribution in [0.5, 0.6) is 5.75 Å². The molecule has 172 valence electrons. The molecular weight excluding hydrogens is 424 g/mol. The first-order chi connectivity index (χ1) is 16.5. The van der Waals surface area contributed by atoms with Crippen molar-refractivity contribution < 1.29 is 9.90 Å². The van der Waals surface area contributed by atoms with E-state index in [1.165, 1.54) is 0 Å². The van der Waals surface area contributed by atoms with Crippen molar-refractivity contribution in [3.63, 3.8) is 0 Å². The molecule has 3 aromatic carbocycles. The Morgan fingerprint density at radius 3 is 2.50 bits per heavy atom. The largest absolute Gasteiger partial charge is 0.508 e. The lowest BCUT2D eigenvalue weighted by atomic mass is 9.97. The van der Waals surface area contributed by atoms with Crippen LogP contribution in [0.15, 0.2) is 66.7 Å². The molecule has 1 heterocycles. The van der Waals surface area contributed by atoms with Gasteiger partial charge in [0, 0.05) is 29.6 Å². The van der Waals surface area contributed by atoms with Crippen LogP contribution in [0.3, 0.4) is 0 Å². The predicted molar refractivity (Wildman–Crippen MR) is 133 cm³/mol. The molecule has 1 aromatic heterocycles. The molecular formula is C28H28N4O2. The number of hydrogen-bond acceptors (Lipinski definition) is 5. The van der Waals surface area contributed by atoms with Gasteiger partial charge in [0.2, 0.25) is 0 Å². The molecule has 2 N–H and O–H groups in total. The van der Waals surface area contributed by atoms with Crippen LogP contribution in [0.2, 0.25) is 0 Å². The van der Waals surface area contributed by atoms with Crippen molar-refractivity contribution in [1.29, 1.82) is 5.26 Å². The highest BCUT2D eigenvalue weighted by molar-refractivity contribution is 5.84. The first-order valence-corrected chi connectivity index (χ1v) is 11.5. The van der Waals surface area contributed by atoms with Crippen molar-refractivity contribution >= 4 is 17.3 Å². The molecule has 0 aliphatic carbocycles. The van der Waals surface area contributed by atoms with E-state index in [0.717, 1.165) is 46.4 Å². The number of rotatable bonds is 9. The number of aldehydes is 1. The predicted octanol–water partition coefficient (Wildman–Crippen LogP) is 4.67. The maximum atomic E-state index is 12.1. The number of imidazole rings is 1. The molecule has 34 heavy (non-hydrogen) atoms. The molecule has 2 atom stereocenters. The van der Waals surface area contributed by atoms with E-state index in [-0.39, 0.29) is 11.7 Å². The number of phenols is 1. The highest BCUT2D eigenvalue weighted by Gasteiger charge is 2.21. The van der Waals surface area contributed by atoms with E-state index in [1.807, 2.05) is 60.1 Å². The lowest BCUT2D eigenvalue weighted by Crippen LogP contribution is -2.21. The summed E-state index contributed by atoms with van der Waals surface area (Å²) in [6, 6.07) is 23.0. The van der Waals surface area contributed by atoms with Gasteiger partial charge in [-0.05, 0) is 68.8 Å². The number of benzene rings is 3. The molecule has 4 rings (SSSR count). The number of aryl methyl sites for hydroxylation is 1. The second kappa shape index (κ2) is 10.3. The zero-order valence-electron chi connectivity index (χ0n) is 19.4. The molecule has 0 spiro atoms. The van der Waals surface area contributed by atoms with Gasteiger partial charge in [0.05, 0.1) is 22.7 Å². The van der Waals surface area contributed by atoms with Gasteiger partial charge in [0.1, 0.15) is 17.9 Å². The van der Waals surface area contributed by atoms with Gasteiger partial charge in [-0.2, -0.15) is 5.26 Å². The van der Waals surface area contributed by atoms with Crippen LogP contribution in [0, 0.1) is 11.3 Å². The molecule has 0 bridgehead atoms. The number of phenolic OH excluding ortho intramolecular Hbond substituents is 1. The van der Waals surface area contributed by atoms with Crippen LogP contribution in [-0.2, 0) is 17.6 Å². The molecule has 2 unspecified atom stereocenters. The minimum absolute atomic E-state index is 0.224. The SMILES string of the molecule is CNC(C)CCc1c(O)ccc2c1nc(CC(C=O)c1ccccc1)n2-c1ccc(C#N)cc1. The van der Waals surface area contributed by atoms with Crippen LogP contribution < -0.4 is 5.32 Å². The Bertz CT molecular complexity index is 1320. The van der Waals surface area contributed by atoms with E-state index in [9.17, 15) is 15.2 Å². The zero-order chi connectivity index (χ0) is 24.1. The summed E-state index contributed by atoms with van der Waals surface area (Å²) in [5, 5.41) is 23.1. The quantitative estimate of drug-likeness (QED) is 0.360. The van der Waals surface area contributed by atoms with E-state index < -0.39 is 0 Å². The molecule has 0 radical (unpaired) electrons. The Hall–Kier alpha value is -3.95. The number of nitrogens with zero attached hydrogens (tertiary/aromatic N) is 3. The van der Waals surface area contributed by atoms with Gasteiger partial charge >= 0.3 is 0 Å². The monoisotopic (exact) mass is 452 g/mol. The van der Waals surface area contributed by atoms with Crippen molar-refractivity contribution in [1.82, 2.24) is 14.9 Å². The maximum Gasteiger partial charge on any atom is 0.127 e. The molecule has 0 aliphatic heterocycles. The fraction of sp³-hybridized carbons (Fsp3) is 0.250. The highest BCUT2D eigenvalue weighted by atomic mass is 16.3. The standard InChI is InChI=1S/C28H28N4O2/c1-19(30-2)8-13-24-26(34)15-14-25-28(24)31-27(16-22(18-33)21-6-4-3-5-7-21)32(25)23-11-9-20(17-29)10-12-23/h3-7,9-12,14-15,18-19,22,30,34H,8,13,16H2,1-2H3. The van der Waals surface area contributed by atoms with Gasteiger partial charge in [0.25, 0.3) is 0 Å². The van der Waals surface area contributed by atoms with Gasteiger partial charge in [-0.3, -0.25) is 4.57 Å². The molecule has 4 aromatic rings. The maximum absolute atomic E-state index is 12.1. The highest BCUT2D eigenvalue weighted by Crippen LogP contribution is 2.32. The number of carbonyl (C=O) groups excluding carboxylic acids is 1. The van der Waals surface area contributed by atoms with Gasteiger partial charge in [-0.15, -0.1) is 0 Å². The van der Waals surface area contributed by atoms with Crippen molar-refractivity contribution in [2.75, 3.05) is 7.05 Å². The lowest BCUT2D eigenvalue weighted by molar-refractivity contribution is -0.109. The van der Waals surface area contributed by atoms with E-state index in [1.54, 1.807) is 18.2 Å². The summed E-state index contributed by atoms with van der Waals surface area (Å²) in [7, 11) is 1.92. The summed E-state index contributed by atoms with van der Waals surface area (Å²) in [5.41, 5.74) is 4.76. The first-order valence-electron chi connectivity index (χ1n) is 11.5. The van der Waals surface area contributed by atoms with Crippen LogP contribution in [-0.4, -0.2) is 34.0 Å². The number of hydrogen-bond donors (Lipinski definition) is 2. The number of nitrogens with one attached hydrogen (secondary N) is 1. The van der Waals surface area contributed by atoms with Crippen LogP contribution >= 0.6 is 0 Å². The summed E-state index contributed by atoms with van der Waals surface area (Å²) in [6.45, 7) is 2.10. The third kappa shape index (κ3) is 4.70. The number of aromatic nitrogens is 2. The average Bonchev–Trinajstić information content (AvgIpc) is 3.25. The van der Waals surface area contributed by atoms with Gasteiger partial charge in [0.15, 0.2) is 0 Å². The van der Waals surface area contributed by atoms with Crippen molar-refractivity contribution in [2.45, 2.75) is 38.1 Å². The molecule has 0 aliphatic rings. The van der Waals surface area contributed by atoms with E-state index in [0.29, 0.717) is 24.4 Å². The molecule has 6 nitrogen and oxygen atoms in total. The summed E-state index contributed by atoms with van der Waals surface area (Å²) in [5.74, 6) is 0.604. The van der Waals surface area contributed by atoms with E-state index in [4.69, 9.17) is 4.98 Å². The first kappa shape index (κ1) is 23.2. The van der Waals surface area contributed by atoms with Crippen LogP contribution in [0.25, 0.3) is 16.7 Å². The Labute approximate surface area is 199 Å². The third-order valence-corrected chi connectivity index (χ3v) is 6.35. The number of carbonyl (C=O) groups is 1. The minimum Gasteiger partial charge on any atom is -0.508 e. The summed E-state index contributed by atoms with van der Waals surface area (Å²) < 4.78 is 2.03. The van der Waals surface area contributed by atoms with E-state index in [2.05, 4.69) is 18.3 Å². The Balaban J connectivity index is 1.86. The number of fused-ring (bicyclic) bond motifs is 1. The van der Waals surface area contributed by atoms with Crippen LogP contribution in [0.1, 0.15) is 41.8 Å². The molecule has 6 heteroatoms. The Kier molecular flexibility index (Phi) is 7.05. The molecule has 0 saturated heterocycles. The summed E-state index contributed by atoms with van der Waals surface area (Å²) in [6.07, 6.45) is 2.90. The minimum atomic E-state index is -0.350. The zero-order valence-corrected chi connectivity index (χ0v) is 19.4. The van der Waals surface area contributed by atoms with Crippen molar-refractivity contribution in [3.8, 4) is 17.5 Å². The topological polar surface area (TPSA) is 90.9 Å². The molecule has 0 fully saturated rings. The lowest BCUT2D eigenvalue weighted by Gasteiger charge is -2.14. The van der Waals surface area contributed by atoms with Gasteiger partial charge < -0.3 is 15.2 Å². The van der Waals surface area contributed by atoms with Gasteiger partial charge in [-0.1, -0.05) is 30.3 Å². The molecule has 0 amide bonds. The third-order valence-electron chi connectivity index (χ3n) is 6.35. The normalized spacial score (nSPS) is 12.9. The summed E-state index contributed by atoms with van der Waals surface area (Å²) in [4.78, 5) is 17.0. The van der Waals surface area contributed by atoms with Crippen molar-refractivity contribution in [2.24, 2.45) is 0 Å². The Morgan fingerprint density at radius 1 is 1.12 bits per heavy atom. The second-order valence-corrected chi connectivity index (χ2v) is 8.54.